The molecule has 138 valence electrons. The van der Waals surface area contributed by atoms with Crippen LogP contribution in [0, 0.1) is 18.3 Å². The molecule has 0 aromatic carbocycles. The average Bonchev–Trinajstić information content (AvgIpc) is 3.10. The number of aryl methyl sites for hydroxylation is 1. The molecule has 0 unspecified atom stereocenters. The predicted molar refractivity (Wildman–Crippen MR) is 94.4 cm³/mol. The second-order valence-corrected chi connectivity index (χ2v) is 5.71. The maximum atomic E-state index is 12.3. The lowest BCUT2D eigenvalue weighted by atomic mass is 10.0. The number of nitrogens with zero attached hydrogens (tertiary/aromatic N) is 6. The van der Waals surface area contributed by atoms with E-state index < -0.39 is 6.43 Å². The first-order valence-corrected chi connectivity index (χ1v) is 8.04. The predicted octanol–water partition coefficient (Wildman–Crippen LogP) is 3.18. The fraction of sp³-hybridized carbons (Fsp3) is 0.294. The molecule has 8 nitrogen and oxygen atoms in total. The minimum Gasteiger partial charge on any atom is -0.369 e. The molecule has 1 N–H and O–H groups in total. The van der Waals surface area contributed by atoms with Gasteiger partial charge in [0, 0.05) is 36.3 Å². The van der Waals surface area contributed by atoms with Crippen molar-refractivity contribution in [1.29, 1.82) is 5.26 Å². The number of fused-ring (bicyclic) bond motifs is 1. The number of pyridine rings is 2. The van der Waals surface area contributed by atoms with Crippen molar-refractivity contribution < 1.29 is 13.4 Å². The monoisotopic (exact) mass is 371 g/mol. The van der Waals surface area contributed by atoms with Gasteiger partial charge in [0.1, 0.15) is 17.6 Å². The fourth-order valence-corrected chi connectivity index (χ4v) is 2.63. The Bertz CT molecular complexity index is 1030. The molecule has 27 heavy (non-hydrogen) atoms. The zero-order chi connectivity index (χ0) is 19.4. The first kappa shape index (κ1) is 18.3. The Morgan fingerprint density at radius 2 is 2.15 bits per heavy atom. The van der Waals surface area contributed by atoms with Gasteiger partial charge in [0.15, 0.2) is 5.52 Å². The number of alkyl halides is 2. The number of nitrogens with one attached hydrogen (secondary N) is 1. The molecule has 0 radical (unpaired) electrons. The smallest absolute Gasteiger partial charge is 0.240 e. The largest absolute Gasteiger partial charge is 0.369 e. The fourth-order valence-electron chi connectivity index (χ4n) is 2.63. The van der Waals surface area contributed by atoms with Crippen molar-refractivity contribution in [3.8, 4) is 6.07 Å². The van der Waals surface area contributed by atoms with E-state index in [2.05, 4.69) is 37.3 Å². The SMILES string of the molecule is C=Nc1c(Cc2ccc(C#N)c(NCCC(F)F)n2)c(C)nc2nonc12. The Labute approximate surface area is 152 Å². The van der Waals surface area contributed by atoms with Crippen LogP contribution in [0.2, 0.25) is 0 Å². The summed E-state index contributed by atoms with van der Waals surface area (Å²) in [7, 11) is 0. The average molecular weight is 371 g/mol. The van der Waals surface area contributed by atoms with Crippen LogP contribution < -0.4 is 5.32 Å². The van der Waals surface area contributed by atoms with Crippen molar-refractivity contribution in [2.24, 2.45) is 4.99 Å². The highest BCUT2D eigenvalue weighted by Gasteiger charge is 2.17. The zero-order valence-corrected chi connectivity index (χ0v) is 14.4. The van der Waals surface area contributed by atoms with Crippen LogP contribution in [0.25, 0.3) is 11.2 Å². The number of nitriles is 1. The van der Waals surface area contributed by atoms with Gasteiger partial charge in [-0.25, -0.2) is 23.4 Å². The molecule has 0 spiro atoms. The molecule has 0 aliphatic carbocycles. The van der Waals surface area contributed by atoms with Gasteiger partial charge in [-0.05, 0) is 36.1 Å². The summed E-state index contributed by atoms with van der Waals surface area (Å²) in [4.78, 5) is 12.7. The van der Waals surface area contributed by atoms with Gasteiger partial charge < -0.3 is 5.32 Å². The van der Waals surface area contributed by atoms with E-state index in [1.165, 1.54) is 0 Å². The molecule has 10 heteroatoms. The van der Waals surface area contributed by atoms with Gasteiger partial charge in [-0.1, -0.05) is 0 Å². The lowest BCUT2D eigenvalue weighted by molar-refractivity contribution is 0.142. The highest BCUT2D eigenvalue weighted by molar-refractivity contribution is 5.86. The quantitative estimate of drug-likeness (QED) is 0.635. The molecule has 0 fully saturated rings. The lowest BCUT2D eigenvalue weighted by Gasteiger charge is -2.11. The second-order valence-electron chi connectivity index (χ2n) is 5.71. The maximum Gasteiger partial charge on any atom is 0.240 e. The Kier molecular flexibility index (Phi) is 5.30. The van der Waals surface area contributed by atoms with Gasteiger partial charge in [0.25, 0.3) is 0 Å². The summed E-state index contributed by atoms with van der Waals surface area (Å²) in [5.74, 6) is 0.263. The van der Waals surface area contributed by atoms with E-state index in [4.69, 9.17) is 4.63 Å². The van der Waals surface area contributed by atoms with Gasteiger partial charge in [-0.3, -0.25) is 4.99 Å². The highest BCUT2D eigenvalue weighted by atomic mass is 19.3. The molecule has 0 atom stereocenters. The van der Waals surface area contributed by atoms with Crippen LogP contribution in [0.3, 0.4) is 0 Å². The van der Waals surface area contributed by atoms with E-state index in [1.807, 2.05) is 6.07 Å². The lowest BCUT2D eigenvalue weighted by Crippen LogP contribution is -2.10. The molecule has 3 heterocycles. The standard InChI is InChI=1S/C17H15F2N7O/c1-9-12(14(21-2)15-17(23-9)26-27-25-15)7-11-4-3-10(8-20)16(24-11)22-6-5-13(18)19/h3-4,13H,2,5-7H2,1H3,(H,22,24). The van der Waals surface area contributed by atoms with Crippen LogP contribution in [-0.4, -0.2) is 40.0 Å². The van der Waals surface area contributed by atoms with Crippen molar-refractivity contribution >= 4 is 29.4 Å². The number of anilines is 1. The molecule has 0 saturated carbocycles. The summed E-state index contributed by atoms with van der Waals surface area (Å²) < 4.78 is 29.4. The summed E-state index contributed by atoms with van der Waals surface area (Å²) in [6.45, 7) is 5.38. The van der Waals surface area contributed by atoms with Crippen LogP contribution in [0.15, 0.2) is 21.8 Å². The third kappa shape index (κ3) is 3.87. The summed E-state index contributed by atoms with van der Waals surface area (Å²) in [5.41, 5.74) is 3.52. The van der Waals surface area contributed by atoms with Crippen molar-refractivity contribution in [3.05, 3.63) is 34.6 Å². The highest BCUT2D eigenvalue weighted by Crippen LogP contribution is 2.30. The van der Waals surface area contributed by atoms with E-state index in [1.54, 1.807) is 19.1 Å². The minimum absolute atomic E-state index is 0.0133. The van der Waals surface area contributed by atoms with Gasteiger partial charge in [-0.15, -0.1) is 0 Å². The topological polar surface area (TPSA) is 113 Å². The number of hydrogen-bond donors (Lipinski definition) is 1. The molecule has 3 aromatic rings. The summed E-state index contributed by atoms with van der Waals surface area (Å²) in [6, 6.07) is 5.27. The molecule has 0 aliphatic rings. The Morgan fingerprint density at radius 3 is 2.85 bits per heavy atom. The molecular formula is C17H15F2N7O. The number of aliphatic imine (C=N–C) groups is 1. The molecule has 0 amide bonds. The van der Waals surface area contributed by atoms with Crippen LogP contribution in [0.5, 0.6) is 0 Å². The summed E-state index contributed by atoms with van der Waals surface area (Å²) in [6.07, 6.45) is -2.42. The molecule has 3 rings (SSSR count). The normalized spacial score (nSPS) is 10.9. The number of rotatable bonds is 7. The van der Waals surface area contributed by atoms with Crippen molar-refractivity contribution in [2.75, 3.05) is 11.9 Å². The molecular weight excluding hydrogens is 356 g/mol. The zero-order valence-electron chi connectivity index (χ0n) is 14.4. The third-order valence-corrected chi connectivity index (χ3v) is 3.94. The Morgan fingerprint density at radius 1 is 1.33 bits per heavy atom. The number of hydrogen-bond acceptors (Lipinski definition) is 8. The van der Waals surface area contributed by atoms with Crippen LogP contribution in [0.4, 0.5) is 20.3 Å². The summed E-state index contributed by atoms with van der Waals surface area (Å²) >= 11 is 0. The van der Waals surface area contributed by atoms with Crippen molar-refractivity contribution in [2.45, 2.75) is 26.2 Å². The Balaban J connectivity index is 1.94. The van der Waals surface area contributed by atoms with E-state index in [0.29, 0.717) is 34.7 Å². The van der Waals surface area contributed by atoms with E-state index in [-0.39, 0.29) is 24.3 Å². The molecule has 3 aromatic heterocycles. The van der Waals surface area contributed by atoms with Gasteiger partial charge in [0.05, 0.1) is 5.56 Å². The second kappa shape index (κ2) is 7.82. The van der Waals surface area contributed by atoms with Gasteiger partial charge in [0.2, 0.25) is 12.1 Å². The van der Waals surface area contributed by atoms with Gasteiger partial charge >= 0.3 is 0 Å². The van der Waals surface area contributed by atoms with Crippen molar-refractivity contribution in [1.82, 2.24) is 20.3 Å². The maximum absolute atomic E-state index is 12.3. The van der Waals surface area contributed by atoms with E-state index in [9.17, 15) is 14.0 Å². The minimum atomic E-state index is -2.43. The number of halogens is 2. The Hall–Kier alpha value is -3.48. The van der Waals surface area contributed by atoms with Gasteiger partial charge in [-0.2, -0.15) is 5.26 Å². The van der Waals surface area contributed by atoms with Crippen LogP contribution >= 0.6 is 0 Å². The first-order chi connectivity index (χ1) is 13.0. The summed E-state index contributed by atoms with van der Waals surface area (Å²) in [5, 5.41) is 19.5. The van der Waals surface area contributed by atoms with E-state index in [0.717, 1.165) is 5.56 Å². The van der Waals surface area contributed by atoms with Crippen molar-refractivity contribution in [3.63, 3.8) is 0 Å². The van der Waals surface area contributed by atoms with Crippen LogP contribution in [0.1, 0.15) is 28.9 Å². The number of aromatic nitrogens is 4. The first-order valence-electron chi connectivity index (χ1n) is 8.04. The molecule has 0 aliphatic heterocycles. The molecule has 0 saturated heterocycles. The van der Waals surface area contributed by atoms with Crippen LogP contribution in [-0.2, 0) is 6.42 Å². The van der Waals surface area contributed by atoms with E-state index >= 15 is 0 Å². The third-order valence-electron chi connectivity index (χ3n) is 3.94. The molecule has 0 bridgehead atoms.